The topological polar surface area (TPSA) is 33.2 Å². The Bertz CT molecular complexity index is 639. The summed E-state index contributed by atoms with van der Waals surface area (Å²) in [4.78, 5) is 19.3. The number of aromatic nitrogens is 1. The summed E-state index contributed by atoms with van der Waals surface area (Å²) in [5.41, 5.74) is 0.607. The second-order valence-electron chi connectivity index (χ2n) is 4.56. The summed E-state index contributed by atoms with van der Waals surface area (Å²) in [6.45, 7) is 0. The van der Waals surface area contributed by atoms with E-state index >= 15 is 0 Å². The Morgan fingerprint density at radius 3 is 2.48 bits per heavy atom. The molecule has 1 aromatic carbocycles. The summed E-state index contributed by atoms with van der Waals surface area (Å²) in [7, 11) is 3.77. The summed E-state index contributed by atoms with van der Waals surface area (Å²) < 4.78 is 0. The molecule has 0 aliphatic heterocycles. The second kappa shape index (κ2) is 7.29. The summed E-state index contributed by atoms with van der Waals surface area (Å²) in [5.74, 6) is -0.0454. The van der Waals surface area contributed by atoms with Gasteiger partial charge in [-0.15, -0.1) is 0 Å². The first-order valence-electron chi connectivity index (χ1n) is 6.33. The molecule has 0 saturated heterocycles. The van der Waals surface area contributed by atoms with Crippen LogP contribution >= 0.6 is 23.4 Å². The zero-order valence-electron chi connectivity index (χ0n) is 11.8. The number of Topliss-reactive ketones (excluding diaryl/α,β-unsaturated/α-hetero) is 1. The Balaban J connectivity index is 2.28. The second-order valence-corrected chi connectivity index (χ2v) is 6.06. The van der Waals surface area contributed by atoms with Gasteiger partial charge in [0, 0.05) is 37.1 Å². The van der Waals surface area contributed by atoms with Crippen LogP contribution < -0.4 is 0 Å². The van der Waals surface area contributed by atoms with Gasteiger partial charge < -0.3 is 4.90 Å². The zero-order chi connectivity index (χ0) is 15.2. The maximum atomic E-state index is 12.6. The van der Waals surface area contributed by atoms with E-state index < -0.39 is 0 Å². The number of rotatable bonds is 5. The van der Waals surface area contributed by atoms with Gasteiger partial charge in [-0.3, -0.25) is 4.79 Å². The van der Waals surface area contributed by atoms with Gasteiger partial charge in [-0.1, -0.05) is 29.4 Å². The molecule has 0 amide bonds. The van der Waals surface area contributed by atoms with Crippen molar-refractivity contribution in [3.05, 3.63) is 70.4 Å². The van der Waals surface area contributed by atoms with Crippen LogP contribution in [0.2, 0.25) is 5.02 Å². The maximum absolute atomic E-state index is 12.6. The van der Waals surface area contributed by atoms with Crippen molar-refractivity contribution in [3.8, 4) is 0 Å². The van der Waals surface area contributed by atoms with Crippen molar-refractivity contribution in [2.24, 2.45) is 0 Å². The molecule has 108 valence electrons. The van der Waals surface area contributed by atoms with Crippen LogP contribution in [0.15, 0.2) is 64.8 Å². The molecule has 0 unspecified atom stereocenters. The molecular weight excluding hydrogens is 304 g/mol. The molecule has 0 saturated carbocycles. The summed E-state index contributed by atoms with van der Waals surface area (Å²) >= 11 is 7.21. The third-order valence-electron chi connectivity index (χ3n) is 2.56. The zero-order valence-corrected chi connectivity index (χ0v) is 13.4. The van der Waals surface area contributed by atoms with Gasteiger partial charge in [-0.25, -0.2) is 4.98 Å². The third-order valence-corrected chi connectivity index (χ3v) is 3.77. The Kier molecular flexibility index (Phi) is 5.42. The Morgan fingerprint density at radius 1 is 1.19 bits per heavy atom. The van der Waals surface area contributed by atoms with Crippen molar-refractivity contribution in [2.75, 3.05) is 14.1 Å². The van der Waals surface area contributed by atoms with E-state index in [1.807, 2.05) is 37.2 Å². The number of allylic oxidation sites excluding steroid dienone is 1. The highest BCUT2D eigenvalue weighted by molar-refractivity contribution is 8.04. The molecule has 0 spiro atoms. The number of ketones is 1. The van der Waals surface area contributed by atoms with E-state index in [2.05, 4.69) is 4.98 Å². The van der Waals surface area contributed by atoms with Crippen molar-refractivity contribution in [3.63, 3.8) is 0 Å². The van der Waals surface area contributed by atoms with Crippen LogP contribution in [0.4, 0.5) is 0 Å². The van der Waals surface area contributed by atoms with E-state index in [0.29, 0.717) is 15.5 Å². The van der Waals surface area contributed by atoms with Gasteiger partial charge in [0.2, 0.25) is 5.78 Å². The maximum Gasteiger partial charge on any atom is 0.201 e. The molecule has 1 aromatic heterocycles. The first-order chi connectivity index (χ1) is 10.1. The summed E-state index contributed by atoms with van der Waals surface area (Å²) in [6, 6.07) is 12.5. The molecule has 0 N–H and O–H groups in total. The van der Waals surface area contributed by atoms with Crippen LogP contribution in [0, 0.1) is 0 Å². The Labute approximate surface area is 133 Å². The number of halogens is 1. The van der Waals surface area contributed by atoms with Crippen LogP contribution in [0.5, 0.6) is 0 Å². The number of pyridine rings is 1. The number of hydrogen-bond acceptors (Lipinski definition) is 4. The standard InChI is InChI=1S/C16H15ClN2OS/c1-19(2)11-14(21-15-5-3-4-10-18-15)16(20)12-6-8-13(17)9-7-12/h3-11H,1-2H3. The van der Waals surface area contributed by atoms with Crippen molar-refractivity contribution in [2.45, 2.75) is 5.03 Å². The molecular formula is C16H15ClN2OS. The van der Waals surface area contributed by atoms with Crippen molar-refractivity contribution < 1.29 is 4.79 Å². The normalized spacial score (nSPS) is 11.3. The monoisotopic (exact) mass is 318 g/mol. The minimum atomic E-state index is -0.0454. The van der Waals surface area contributed by atoms with Gasteiger partial charge in [0.05, 0.1) is 4.91 Å². The van der Waals surface area contributed by atoms with Crippen LogP contribution in [-0.4, -0.2) is 29.8 Å². The minimum absolute atomic E-state index is 0.0454. The average Bonchev–Trinajstić information content (AvgIpc) is 2.47. The van der Waals surface area contributed by atoms with Crippen molar-refractivity contribution in [1.29, 1.82) is 0 Å². The highest BCUT2D eigenvalue weighted by Gasteiger charge is 2.15. The lowest BCUT2D eigenvalue weighted by Crippen LogP contribution is -2.08. The van der Waals surface area contributed by atoms with Gasteiger partial charge >= 0.3 is 0 Å². The molecule has 0 fully saturated rings. The summed E-state index contributed by atoms with van der Waals surface area (Å²) in [6.07, 6.45) is 3.51. The molecule has 5 heteroatoms. The molecule has 2 rings (SSSR count). The van der Waals surface area contributed by atoms with Gasteiger partial charge in [0.15, 0.2) is 0 Å². The number of nitrogens with zero attached hydrogens (tertiary/aromatic N) is 2. The van der Waals surface area contributed by atoms with E-state index in [-0.39, 0.29) is 5.78 Å². The van der Waals surface area contributed by atoms with Crippen LogP contribution in [0.25, 0.3) is 0 Å². The molecule has 3 nitrogen and oxygen atoms in total. The van der Waals surface area contributed by atoms with Crippen molar-refractivity contribution in [1.82, 2.24) is 9.88 Å². The Hall–Kier alpha value is -1.78. The van der Waals surface area contributed by atoms with Gasteiger partial charge in [-0.2, -0.15) is 0 Å². The predicted octanol–water partition coefficient (Wildman–Crippen LogP) is 4.11. The molecule has 0 aliphatic carbocycles. The van der Waals surface area contributed by atoms with Crippen LogP contribution in [0.3, 0.4) is 0 Å². The quantitative estimate of drug-likeness (QED) is 0.472. The first kappa shape index (κ1) is 15.6. The molecule has 0 bridgehead atoms. The highest BCUT2D eigenvalue weighted by atomic mass is 35.5. The largest absolute Gasteiger partial charge is 0.382 e. The van der Waals surface area contributed by atoms with Crippen LogP contribution in [0.1, 0.15) is 10.4 Å². The van der Waals surface area contributed by atoms with Crippen LogP contribution in [-0.2, 0) is 0 Å². The average molecular weight is 319 g/mol. The number of carbonyl (C=O) groups is 1. The summed E-state index contributed by atoms with van der Waals surface area (Å²) in [5, 5.41) is 1.40. The molecule has 0 aliphatic rings. The van der Waals surface area contributed by atoms with E-state index in [1.54, 1.807) is 36.7 Å². The molecule has 1 heterocycles. The van der Waals surface area contributed by atoms with Gasteiger partial charge in [0.1, 0.15) is 5.03 Å². The lowest BCUT2D eigenvalue weighted by atomic mass is 10.1. The highest BCUT2D eigenvalue weighted by Crippen LogP contribution is 2.28. The van der Waals surface area contributed by atoms with E-state index in [4.69, 9.17) is 11.6 Å². The van der Waals surface area contributed by atoms with E-state index in [9.17, 15) is 4.79 Å². The number of carbonyl (C=O) groups excluding carboxylic acids is 1. The van der Waals surface area contributed by atoms with Gasteiger partial charge in [-0.05, 0) is 36.4 Å². The number of thioether (sulfide) groups is 1. The molecule has 21 heavy (non-hydrogen) atoms. The van der Waals surface area contributed by atoms with E-state index in [0.717, 1.165) is 5.03 Å². The van der Waals surface area contributed by atoms with Gasteiger partial charge in [0.25, 0.3) is 0 Å². The number of hydrogen-bond donors (Lipinski definition) is 0. The van der Waals surface area contributed by atoms with E-state index in [1.165, 1.54) is 11.8 Å². The predicted molar refractivity (Wildman–Crippen MR) is 87.6 cm³/mol. The fourth-order valence-electron chi connectivity index (χ4n) is 1.63. The minimum Gasteiger partial charge on any atom is -0.382 e. The molecule has 0 radical (unpaired) electrons. The fourth-order valence-corrected chi connectivity index (χ4v) is 2.72. The fraction of sp³-hybridized carbons (Fsp3) is 0.125. The number of benzene rings is 1. The molecule has 0 atom stereocenters. The lowest BCUT2D eigenvalue weighted by molar-refractivity contribution is 0.104. The molecule has 2 aromatic rings. The first-order valence-corrected chi connectivity index (χ1v) is 7.53. The smallest absolute Gasteiger partial charge is 0.201 e. The SMILES string of the molecule is CN(C)C=C(Sc1ccccn1)C(=O)c1ccc(Cl)cc1. The third kappa shape index (κ3) is 4.62. The van der Waals surface area contributed by atoms with Crippen molar-refractivity contribution >= 4 is 29.1 Å². The Morgan fingerprint density at radius 2 is 1.90 bits per heavy atom. The lowest BCUT2D eigenvalue weighted by Gasteiger charge is -2.11.